The van der Waals surface area contributed by atoms with Gasteiger partial charge in [0.2, 0.25) is 5.91 Å². The maximum absolute atomic E-state index is 12.4. The lowest BCUT2D eigenvalue weighted by molar-refractivity contribution is -0.185. The Hall–Kier alpha value is -0.570. The molecule has 2 aliphatic rings. The summed E-state index contributed by atoms with van der Waals surface area (Å²) in [5.74, 6) is 0.973. The van der Waals surface area contributed by atoms with Gasteiger partial charge in [0.1, 0.15) is 0 Å². The lowest BCUT2D eigenvalue weighted by Gasteiger charge is -2.61. The van der Waals surface area contributed by atoms with Crippen LogP contribution in [0.4, 0.5) is 0 Å². The van der Waals surface area contributed by atoms with Crippen LogP contribution in [0, 0.1) is 11.3 Å². The van der Waals surface area contributed by atoms with Crippen molar-refractivity contribution in [3.8, 4) is 0 Å². The second kappa shape index (κ2) is 4.02. The van der Waals surface area contributed by atoms with Crippen molar-refractivity contribution in [1.82, 2.24) is 10.2 Å². The molecule has 1 amide bonds. The molecule has 2 fully saturated rings. The fourth-order valence-corrected chi connectivity index (χ4v) is 3.61. The predicted octanol–water partition coefficient (Wildman–Crippen LogP) is 1.63. The van der Waals surface area contributed by atoms with Gasteiger partial charge in [-0.2, -0.15) is 0 Å². The number of rotatable bonds is 2. The Kier molecular flexibility index (Phi) is 2.99. The molecule has 0 bridgehead atoms. The number of likely N-dealkylation sites (tertiary alicyclic amines) is 1. The van der Waals surface area contributed by atoms with Crippen LogP contribution < -0.4 is 5.32 Å². The molecule has 2 heterocycles. The van der Waals surface area contributed by atoms with Crippen molar-refractivity contribution in [2.75, 3.05) is 13.1 Å². The van der Waals surface area contributed by atoms with Crippen molar-refractivity contribution in [1.29, 1.82) is 0 Å². The highest BCUT2D eigenvalue weighted by Gasteiger charge is 2.61. The van der Waals surface area contributed by atoms with E-state index in [4.69, 9.17) is 0 Å². The number of carbonyl (C=O) groups is 1. The van der Waals surface area contributed by atoms with E-state index in [1.54, 1.807) is 0 Å². The molecule has 16 heavy (non-hydrogen) atoms. The van der Waals surface area contributed by atoms with E-state index in [2.05, 4.69) is 37.9 Å². The van der Waals surface area contributed by atoms with E-state index in [-0.39, 0.29) is 5.41 Å². The average Bonchev–Trinajstić information content (AvgIpc) is 2.24. The van der Waals surface area contributed by atoms with Gasteiger partial charge in [-0.05, 0) is 45.7 Å². The standard InChI is InChI=1S/C13H24N2O/c1-9(2)11-13(5-7-14-8-6-13)12(16)15(11)10(3)4/h9-11,14H,5-8H2,1-4H3. The Labute approximate surface area is 98.6 Å². The van der Waals surface area contributed by atoms with Crippen LogP contribution in [0.2, 0.25) is 0 Å². The van der Waals surface area contributed by atoms with Gasteiger partial charge >= 0.3 is 0 Å². The zero-order chi connectivity index (χ0) is 11.9. The Morgan fingerprint density at radius 1 is 1.25 bits per heavy atom. The van der Waals surface area contributed by atoms with Gasteiger partial charge in [0, 0.05) is 12.1 Å². The first-order chi connectivity index (χ1) is 7.50. The molecule has 92 valence electrons. The second-order valence-electron chi connectivity index (χ2n) is 5.90. The fraction of sp³-hybridized carbons (Fsp3) is 0.923. The third-order valence-corrected chi connectivity index (χ3v) is 4.21. The molecule has 2 rings (SSSR count). The van der Waals surface area contributed by atoms with Crippen molar-refractivity contribution in [2.24, 2.45) is 11.3 Å². The Morgan fingerprint density at radius 3 is 2.25 bits per heavy atom. The normalized spacial score (nSPS) is 29.0. The first-order valence-electron chi connectivity index (χ1n) is 6.54. The maximum atomic E-state index is 12.4. The van der Waals surface area contributed by atoms with E-state index in [0.29, 0.717) is 23.9 Å². The van der Waals surface area contributed by atoms with Crippen molar-refractivity contribution >= 4 is 5.91 Å². The molecule has 0 radical (unpaired) electrons. The summed E-state index contributed by atoms with van der Waals surface area (Å²) in [6.45, 7) is 10.7. The highest BCUT2D eigenvalue weighted by molar-refractivity contribution is 5.90. The van der Waals surface area contributed by atoms with Crippen LogP contribution in [0.5, 0.6) is 0 Å². The summed E-state index contributed by atoms with van der Waals surface area (Å²) >= 11 is 0. The number of piperidine rings is 1. The first-order valence-corrected chi connectivity index (χ1v) is 6.54. The third-order valence-electron chi connectivity index (χ3n) is 4.21. The summed E-state index contributed by atoms with van der Waals surface area (Å²) in [6.07, 6.45) is 2.05. The van der Waals surface area contributed by atoms with Gasteiger partial charge in [0.15, 0.2) is 0 Å². The molecule has 2 saturated heterocycles. The van der Waals surface area contributed by atoms with Crippen LogP contribution in [0.3, 0.4) is 0 Å². The smallest absolute Gasteiger partial charge is 0.231 e. The molecule has 3 heteroatoms. The van der Waals surface area contributed by atoms with Gasteiger partial charge < -0.3 is 10.2 Å². The first kappa shape index (κ1) is 11.9. The highest BCUT2D eigenvalue weighted by atomic mass is 16.2. The fourth-order valence-electron chi connectivity index (χ4n) is 3.61. The summed E-state index contributed by atoms with van der Waals surface area (Å²) in [7, 11) is 0. The number of β-lactam (4-membered cyclic amide) rings is 1. The van der Waals surface area contributed by atoms with E-state index in [1.807, 2.05) is 0 Å². The monoisotopic (exact) mass is 224 g/mol. The molecule has 1 atom stereocenters. The van der Waals surface area contributed by atoms with Crippen molar-refractivity contribution in [3.05, 3.63) is 0 Å². The molecule has 1 unspecified atom stereocenters. The van der Waals surface area contributed by atoms with Crippen molar-refractivity contribution in [3.63, 3.8) is 0 Å². The number of carbonyl (C=O) groups excluding carboxylic acids is 1. The van der Waals surface area contributed by atoms with Crippen LogP contribution in [-0.4, -0.2) is 36.0 Å². The number of amides is 1. The minimum atomic E-state index is -0.0241. The van der Waals surface area contributed by atoms with Gasteiger partial charge in [-0.3, -0.25) is 4.79 Å². The van der Waals surface area contributed by atoms with E-state index in [0.717, 1.165) is 25.9 Å². The summed E-state index contributed by atoms with van der Waals surface area (Å²) in [4.78, 5) is 14.5. The quantitative estimate of drug-likeness (QED) is 0.723. The Balaban J connectivity index is 2.22. The molecule has 0 aliphatic carbocycles. The van der Waals surface area contributed by atoms with Crippen LogP contribution in [0.15, 0.2) is 0 Å². The summed E-state index contributed by atoms with van der Waals surface area (Å²) in [6, 6.07) is 0.808. The lowest BCUT2D eigenvalue weighted by atomic mass is 9.61. The molecule has 0 aromatic carbocycles. The number of nitrogens with zero attached hydrogens (tertiary/aromatic N) is 1. The number of hydrogen-bond acceptors (Lipinski definition) is 2. The molecule has 0 aromatic heterocycles. The summed E-state index contributed by atoms with van der Waals surface area (Å²) < 4.78 is 0. The van der Waals surface area contributed by atoms with Gasteiger partial charge in [-0.25, -0.2) is 0 Å². The molecule has 1 N–H and O–H groups in total. The number of hydrogen-bond donors (Lipinski definition) is 1. The maximum Gasteiger partial charge on any atom is 0.231 e. The Morgan fingerprint density at radius 2 is 1.81 bits per heavy atom. The molecule has 0 aromatic rings. The minimum absolute atomic E-state index is 0.0241. The highest BCUT2D eigenvalue weighted by Crippen LogP contribution is 2.50. The predicted molar refractivity (Wildman–Crippen MR) is 65.1 cm³/mol. The average molecular weight is 224 g/mol. The van der Waals surface area contributed by atoms with Gasteiger partial charge in [0.25, 0.3) is 0 Å². The summed E-state index contributed by atoms with van der Waals surface area (Å²) in [5, 5.41) is 3.36. The van der Waals surface area contributed by atoms with Crippen LogP contribution >= 0.6 is 0 Å². The molecule has 2 aliphatic heterocycles. The third kappa shape index (κ3) is 1.48. The second-order valence-corrected chi connectivity index (χ2v) is 5.90. The molecule has 0 saturated carbocycles. The van der Waals surface area contributed by atoms with E-state index >= 15 is 0 Å². The van der Waals surface area contributed by atoms with E-state index in [9.17, 15) is 4.79 Å². The zero-order valence-electron chi connectivity index (χ0n) is 10.9. The van der Waals surface area contributed by atoms with Crippen LogP contribution in [0.25, 0.3) is 0 Å². The van der Waals surface area contributed by atoms with Gasteiger partial charge in [-0.15, -0.1) is 0 Å². The zero-order valence-corrected chi connectivity index (χ0v) is 10.9. The van der Waals surface area contributed by atoms with E-state index < -0.39 is 0 Å². The molecular formula is C13H24N2O. The lowest BCUT2D eigenvalue weighted by Crippen LogP contribution is -2.74. The molecule has 3 nitrogen and oxygen atoms in total. The molecule has 1 spiro atoms. The van der Waals surface area contributed by atoms with Crippen molar-refractivity contribution < 1.29 is 4.79 Å². The van der Waals surface area contributed by atoms with Crippen LogP contribution in [0.1, 0.15) is 40.5 Å². The molecular weight excluding hydrogens is 200 g/mol. The SMILES string of the molecule is CC(C)C1N(C(C)C)C(=O)C12CCNCC2. The Bertz CT molecular complexity index is 280. The largest absolute Gasteiger partial charge is 0.335 e. The topological polar surface area (TPSA) is 32.3 Å². The minimum Gasteiger partial charge on any atom is -0.335 e. The van der Waals surface area contributed by atoms with Gasteiger partial charge in [0.05, 0.1) is 5.41 Å². The summed E-state index contributed by atoms with van der Waals surface area (Å²) in [5.41, 5.74) is -0.0241. The van der Waals surface area contributed by atoms with Gasteiger partial charge in [-0.1, -0.05) is 13.8 Å². The van der Waals surface area contributed by atoms with E-state index in [1.165, 1.54) is 0 Å². The number of nitrogens with one attached hydrogen (secondary N) is 1. The van der Waals surface area contributed by atoms with Crippen molar-refractivity contribution in [2.45, 2.75) is 52.6 Å². The van der Waals surface area contributed by atoms with Crippen LogP contribution in [-0.2, 0) is 4.79 Å².